The number of hydrogen-bond donors (Lipinski definition) is 0. The van der Waals surface area contributed by atoms with Gasteiger partial charge in [-0.25, -0.2) is 0 Å². The van der Waals surface area contributed by atoms with Crippen LogP contribution in [0.25, 0.3) is 0 Å². The van der Waals surface area contributed by atoms with Gasteiger partial charge >= 0.3 is 0 Å². The van der Waals surface area contributed by atoms with Gasteiger partial charge in [0.15, 0.2) is 0 Å². The van der Waals surface area contributed by atoms with Crippen LogP contribution >= 0.6 is 0 Å². The van der Waals surface area contributed by atoms with E-state index in [1.54, 1.807) is 7.11 Å². The van der Waals surface area contributed by atoms with E-state index < -0.39 is 0 Å². The average Bonchev–Trinajstić information content (AvgIpc) is 2.15. The number of hydrogen-bond acceptors (Lipinski definition) is 2. The SMILES string of the molecule is COc1ccc(OCC(C)C)cc1. The van der Waals surface area contributed by atoms with Gasteiger partial charge in [0, 0.05) is 0 Å². The first-order valence-corrected chi connectivity index (χ1v) is 4.49. The summed E-state index contributed by atoms with van der Waals surface area (Å²) in [4.78, 5) is 0. The minimum Gasteiger partial charge on any atom is -0.497 e. The Morgan fingerprint density at radius 3 is 2.08 bits per heavy atom. The first kappa shape index (κ1) is 9.90. The standard InChI is InChI=1S/C11H16O2/c1-9(2)8-13-11-6-4-10(12-3)5-7-11/h4-7,9H,8H2,1-3H3. The second-order valence-corrected chi connectivity index (χ2v) is 3.38. The van der Waals surface area contributed by atoms with E-state index in [-0.39, 0.29) is 0 Å². The smallest absolute Gasteiger partial charge is 0.119 e. The van der Waals surface area contributed by atoms with E-state index in [2.05, 4.69) is 13.8 Å². The van der Waals surface area contributed by atoms with E-state index in [0.717, 1.165) is 18.1 Å². The summed E-state index contributed by atoms with van der Waals surface area (Å²) in [6.07, 6.45) is 0. The predicted octanol–water partition coefficient (Wildman–Crippen LogP) is 2.73. The molecule has 1 rings (SSSR count). The molecule has 2 heteroatoms. The highest BCUT2D eigenvalue weighted by Crippen LogP contribution is 2.17. The van der Waals surface area contributed by atoms with E-state index in [0.29, 0.717) is 5.92 Å². The van der Waals surface area contributed by atoms with Crippen LogP contribution in [0.1, 0.15) is 13.8 Å². The Balaban J connectivity index is 2.49. The van der Waals surface area contributed by atoms with Crippen molar-refractivity contribution in [2.75, 3.05) is 13.7 Å². The zero-order valence-electron chi connectivity index (χ0n) is 8.41. The molecule has 0 atom stereocenters. The second kappa shape index (κ2) is 4.75. The fraction of sp³-hybridized carbons (Fsp3) is 0.455. The van der Waals surface area contributed by atoms with Crippen molar-refractivity contribution in [3.63, 3.8) is 0 Å². The summed E-state index contributed by atoms with van der Waals surface area (Å²) in [7, 11) is 1.66. The lowest BCUT2D eigenvalue weighted by Crippen LogP contribution is -2.04. The molecule has 0 spiro atoms. The third-order valence-corrected chi connectivity index (χ3v) is 1.64. The Hall–Kier alpha value is -1.18. The fourth-order valence-corrected chi connectivity index (χ4v) is 0.935. The third-order valence-electron chi connectivity index (χ3n) is 1.64. The highest BCUT2D eigenvalue weighted by atomic mass is 16.5. The number of benzene rings is 1. The Bertz CT molecular complexity index is 239. The van der Waals surface area contributed by atoms with Crippen LogP contribution in [0.2, 0.25) is 0 Å². The van der Waals surface area contributed by atoms with Crippen LogP contribution < -0.4 is 9.47 Å². The Morgan fingerprint density at radius 2 is 1.62 bits per heavy atom. The van der Waals surface area contributed by atoms with E-state index >= 15 is 0 Å². The van der Waals surface area contributed by atoms with Crippen LogP contribution in [-0.2, 0) is 0 Å². The second-order valence-electron chi connectivity index (χ2n) is 3.38. The predicted molar refractivity (Wildman–Crippen MR) is 53.3 cm³/mol. The molecule has 0 amide bonds. The first-order chi connectivity index (χ1) is 6.22. The van der Waals surface area contributed by atoms with Crippen molar-refractivity contribution in [3.05, 3.63) is 24.3 Å². The molecule has 0 N–H and O–H groups in total. The lowest BCUT2D eigenvalue weighted by atomic mass is 10.2. The van der Waals surface area contributed by atoms with Crippen LogP contribution in [0, 0.1) is 5.92 Å². The highest BCUT2D eigenvalue weighted by Gasteiger charge is 1.96. The lowest BCUT2D eigenvalue weighted by Gasteiger charge is -2.08. The van der Waals surface area contributed by atoms with Gasteiger partial charge in [-0.3, -0.25) is 0 Å². The van der Waals surface area contributed by atoms with E-state index in [1.165, 1.54) is 0 Å². The van der Waals surface area contributed by atoms with Gasteiger partial charge in [0.25, 0.3) is 0 Å². The highest BCUT2D eigenvalue weighted by molar-refractivity contribution is 5.31. The molecule has 0 aliphatic heterocycles. The maximum atomic E-state index is 5.51. The number of methoxy groups -OCH3 is 1. The van der Waals surface area contributed by atoms with Crippen molar-refractivity contribution in [1.29, 1.82) is 0 Å². The number of rotatable bonds is 4. The summed E-state index contributed by atoms with van der Waals surface area (Å²) in [5, 5.41) is 0. The van der Waals surface area contributed by atoms with Crippen LogP contribution in [-0.4, -0.2) is 13.7 Å². The van der Waals surface area contributed by atoms with Gasteiger partial charge in [0.2, 0.25) is 0 Å². The van der Waals surface area contributed by atoms with Gasteiger partial charge in [-0.15, -0.1) is 0 Å². The lowest BCUT2D eigenvalue weighted by molar-refractivity contribution is 0.270. The van der Waals surface area contributed by atoms with Crippen LogP contribution in [0.3, 0.4) is 0 Å². The zero-order chi connectivity index (χ0) is 9.68. The molecule has 0 aliphatic carbocycles. The zero-order valence-corrected chi connectivity index (χ0v) is 8.41. The molecule has 1 aromatic carbocycles. The summed E-state index contributed by atoms with van der Waals surface area (Å²) >= 11 is 0. The quantitative estimate of drug-likeness (QED) is 0.709. The van der Waals surface area contributed by atoms with E-state index in [4.69, 9.17) is 9.47 Å². The van der Waals surface area contributed by atoms with Crippen LogP contribution in [0.5, 0.6) is 11.5 Å². The van der Waals surface area contributed by atoms with Gasteiger partial charge in [0.05, 0.1) is 13.7 Å². The van der Waals surface area contributed by atoms with Gasteiger partial charge < -0.3 is 9.47 Å². The minimum absolute atomic E-state index is 0.558. The molecular formula is C11H16O2. The largest absolute Gasteiger partial charge is 0.497 e. The molecule has 0 heterocycles. The maximum Gasteiger partial charge on any atom is 0.119 e. The molecule has 0 radical (unpaired) electrons. The molecule has 0 bridgehead atoms. The summed E-state index contributed by atoms with van der Waals surface area (Å²) in [6.45, 7) is 5.01. The van der Waals surface area contributed by atoms with E-state index in [9.17, 15) is 0 Å². The normalized spacial score (nSPS) is 10.2. The monoisotopic (exact) mass is 180 g/mol. The Labute approximate surface area is 79.5 Å². The fourth-order valence-electron chi connectivity index (χ4n) is 0.935. The van der Waals surface area contributed by atoms with Crippen molar-refractivity contribution in [2.45, 2.75) is 13.8 Å². The molecule has 13 heavy (non-hydrogen) atoms. The average molecular weight is 180 g/mol. The molecule has 0 saturated carbocycles. The molecule has 1 aromatic rings. The van der Waals surface area contributed by atoms with Gasteiger partial charge in [-0.05, 0) is 30.2 Å². The topological polar surface area (TPSA) is 18.5 Å². The molecule has 0 aliphatic rings. The molecular weight excluding hydrogens is 164 g/mol. The van der Waals surface area contributed by atoms with Crippen molar-refractivity contribution in [3.8, 4) is 11.5 Å². The Morgan fingerprint density at radius 1 is 1.08 bits per heavy atom. The van der Waals surface area contributed by atoms with Gasteiger partial charge in [-0.1, -0.05) is 13.8 Å². The molecule has 0 aromatic heterocycles. The van der Waals surface area contributed by atoms with Crippen molar-refractivity contribution < 1.29 is 9.47 Å². The van der Waals surface area contributed by atoms with Crippen LogP contribution in [0.15, 0.2) is 24.3 Å². The van der Waals surface area contributed by atoms with E-state index in [1.807, 2.05) is 24.3 Å². The minimum atomic E-state index is 0.558. The number of ether oxygens (including phenoxy) is 2. The molecule has 0 saturated heterocycles. The third kappa shape index (κ3) is 3.36. The molecule has 0 unspecified atom stereocenters. The summed E-state index contributed by atoms with van der Waals surface area (Å²) in [5.74, 6) is 2.31. The summed E-state index contributed by atoms with van der Waals surface area (Å²) in [5.41, 5.74) is 0. The summed E-state index contributed by atoms with van der Waals surface area (Å²) < 4.78 is 10.6. The Kier molecular flexibility index (Phi) is 3.62. The van der Waals surface area contributed by atoms with Crippen molar-refractivity contribution in [2.24, 2.45) is 5.92 Å². The van der Waals surface area contributed by atoms with Gasteiger partial charge in [0.1, 0.15) is 11.5 Å². The summed E-state index contributed by atoms with van der Waals surface area (Å²) in [6, 6.07) is 7.63. The maximum absolute atomic E-state index is 5.51. The first-order valence-electron chi connectivity index (χ1n) is 4.49. The van der Waals surface area contributed by atoms with Crippen LogP contribution in [0.4, 0.5) is 0 Å². The van der Waals surface area contributed by atoms with Gasteiger partial charge in [-0.2, -0.15) is 0 Å². The van der Waals surface area contributed by atoms with Crippen molar-refractivity contribution >= 4 is 0 Å². The molecule has 72 valence electrons. The molecule has 2 nitrogen and oxygen atoms in total. The molecule has 0 fully saturated rings. The van der Waals surface area contributed by atoms with Crippen molar-refractivity contribution in [1.82, 2.24) is 0 Å².